The molecule has 0 radical (unpaired) electrons. The minimum absolute atomic E-state index is 0.123. The lowest BCUT2D eigenvalue weighted by Gasteiger charge is -2.36. The van der Waals surface area contributed by atoms with Gasteiger partial charge in [-0.2, -0.15) is 0 Å². The van der Waals surface area contributed by atoms with Crippen LogP contribution in [0.25, 0.3) is 0 Å². The van der Waals surface area contributed by atoms with Crippen molar-refractivity contribution in [3.05, 3.63) is 64.2 Å². The Hall–Kier alpha value is -2.93. The van der Waals surface area contributed by atoms with Crippen LogP contribution in [0, 0.1) is 10.1 Å². The Morgan fingerprint density at radius 1 is 1.00 bits per heavy atom. The number of rotatable bonds is 8. The van der Waals surface area contributed by atoms with Crippen LogP contribution in [-0.2, 0) is 0 Å². The third-order valence-corrected chi connectivity index (χ3v) is 4.70. The normalized spacial score (nSPS) is 14.7. The maximum Gasteiger partial charge on any atom is 0.269 e. The lowest BCUT2D eigenvalue weighted by Crippen LogP contribution is -2.46. The number of nitro benzene ring substituents is 1. The van der Waals surface area contributed by atoms with Crippen LogP contribution in [-0.4, -0.2) is 55.4 Å². The first-order valence-corrected chi connectivity index (χ1v) is 9.05. The molecule has 0 aromatic heterocycles. The first-order valence-electron chi connectivity index (χ1n) is 9.05. The van der Waals surface area contributed by atoms with Gasteiger partial charge in [-0.25, -0.2) is 0 Å². The highest BCUT2D eigenvalue weighted by atomic mass is 16.6. The van der Waals surface area contributed by atoms with Gasteiger partial charge in [0, 0.05) is 56.1 Å². The van der Waals surface area contributed by atoms with Gasteiger partial charge in [0.1, 0.15) is 12.0 Å². The molecule has 3 rings (SSSR count). The lowest BCUT2D eigenvalue weighted by atomic mass is 10.2. The topological polar surface area (TPSA) is 75.9 Å². The highest BCUT2D eigenvalue weighted by molar-refractivity contribution is 5.74. The molecule has 142 valence electrons. The van der Waals surface area contributed by atoms with Crippen molar-refractivity contribution in [2.45, 2.75) is 6.42 Å². The standard InChI is InChI=1S/C20H23N3O4/c24-16-17-2-8-20(9-3-17)27-15-1-10-21-11-13-22(14-12-21)18-4-6-19(7-5-18)23(25)26/h2-9,16H,1,10-15H2. The summed E-state index contributed by atoms with van der Waals surface area (Å²) in [6.45, 7) is 5.36. The van der Waals surface area contributed by atoms with E-state index >= 15 is 0 Å². The number of hydrogen-bond donors (Lipinski definition) is 0. The van der Waals surface area contributed by atoms with Crippen LogP contribution in [0.4, 0.5) is 11.4 Å². The predicted octanol–water partition coefficient (Wildman–Crippen LogP) is 3.00. The number of anilines is 1. The molecule has 1 saturated heterocycles. The molecule has 0 bridgehead atoms. The van der Waals surface area contributed by atoms with E-state index in [4.69, 9.17) is 4.74 Å². The van der Waals surface area contributed by atoms with Crippen molar-refractivity contribution >= 4 is 17.7 Å². The van der Waals surface area contributed by atoms with Gasteiger partial charge >= 0.3 is 0 Å². The smallest absolute Gasteiger partial charge is 0.269 e. The van der Waals surface area contributed by atoms with Crippen LogP contribution in [0.1, 0.15) is 16.8 Å². The summed E-state index contributed by atoms with van der Waals surface area (Å²) in [6, 6.07) is 13.9. The largest absolute Gasteiger partial charge is 0.494 e. The Morgan fingerprint density at radius 3 is 2.26 bits per heavy atom. The zero-order valence-corrected chi connectivity index (χ0v) is 15.1. The average Bonchev–Trinajstić information content (AvgIpc) is 2.72. The zero-order valence-electron chi connectivity index (χ0n) is 15.1. The van der Waals surface area contributed by atoms with Gasteiger partial charge < -0.3 is 9.64 Å². The lowest BCUT2D eigenvalue weighted by molar-refractivity contribution is -0.384. The summed E-state index contributed by atoms with van der Waals surface area (Å²) in [7, 11) is 0. The molecule has 0 saturated carbocycles. The van der Waals surface area contributed by atoms with E-state index in [0.717, 1.165) is 56.9 Å². The number of benzene rings is 2. The number of piperazine rings is 1. The highest BCUT2D eigenvalue weighted by Gasteiger charge is 2.17. The summed E-state index contributed by atoms with van der Waals surface area (Å²) >= 11 is 0. The molecule has 1 aliphatic heterocycles. The van der Waals surface area contributed by atoms with Crippen molar-refractivity contribution in [1.82, 2.24) is 4.90 Å². The molecule has 0 N–H and O–H groups in total. The van der Waals surface area contributed by atoms with E-state index < -0.39 is 0 Å². The van der Waals surface area contributed by atoms with Gasteiger partial charge in [0.2, 0.25) is 0 Å². The van der Waals surface area contributed by atoms with Gasteiger partial charge in [-0.15, -0.1) is 0 Å². The number of carbonyl (C=O) groups is 1. The molecule has 1 aliphatic rings. The summed E-state index contributed by atoms with van der Waals surface area (Å²) in [5.41, 5.74) is 1.80. The number of hydrogen-bond acceptors (Lipinski definition) is 6. The molecular weight excluding hydrogens is 346 g/mol. The van der Waals surface area contributed by atoms with E-state index in [1.54, 1.807) is 24.3 Å². The van der Waals surface area contributed by atoms with Crippen molar-refractivity contribution in [3.8, 4) is 5.75 Å². The van der Waals surface area contributed by atoms with Crippen LogP contribution in [0.15, 0.2) is 48.5 Å². The van der Waals surface area contributed by atoms with Gasteiger partial charge in [0.15, 0.2) is 0 Å². The van der Waals surface area contributed by atoms with E-state index in [1.165, 1.54) is 0 Å². The number of nitrogens with zero attached hydrogens (tertiary/aromatic N) is 3. The van der Waals surface area contributed by atoms with Gasteiger partial charge in [0.05, 0.1) is 11.5 Å². The van der Waals surface area contributed by atoms with Crippen molar-refractivity contribution in [1.29, 1.82) is 0 Å². The van der Waals surface area contributed by atoms with E-state index in [-0.39, 0.29) is 10.6 Å². The maximum atomic E-state index is 10.7. The summed E-state index contributed by atoms with van der Waals surface area (Å²) < 4.78 is 5.71. The van der Waals surface area contributed by atoms with Crippen LogP contribution in [0.2, 0.25) is 0 Å². The molecule has 7 heteroatoms. The second kappa shape index (κ2) is 9.14. The average molecular weight is 369 g/mol. The van der Waals surface area contributed by atoms with E-state index in [1.807, 2.05) is 24.3 Å². The second-order valence-electron chi connectivity index (χ2n) is 6.49. The van der Waals surface area contributed by atoms with E-state index in [2.05, 4.69) is 9.80 Å². The fourth-order valence-corrected chi connectivity index (χ4v) is 3.14. The third-order valence-electron chi connectivity index (χ3n) is 4.70. The Bertz CT molecular complexity index is 754. The van der Waals surface area contributed by atoms with Crippen LogP contribution in [0.3, 0.4) is 0 Å². The first kappa shape index (κ1) is 18.8. The minimum Gasteiger partial charge on any atom is -0.494 e. The molecule has 1 fully saturated rings. The van der Waals surface area contributed by atoms with Crippen LogP contribution < -0.4 is 9.64 Å². The molecule has 0 aliphatic carbocycles. The quantitative estimate of drug-likeness (QED) is 0.308. The minimum atomic E-state index is -0.375. The molecule has 7 nitrogen and oxygen atoms in total. The molecule has 2 aromatic carbocycles. The molecule has 2 aromatic rings. The number of aldehydes is 1. The number of ether oxygens (including phenoxy) is 1. The highest BCUT2D eigenvalue weighted by Crippen LogP contribution is 2.20. The summed E-state index contributed by atoms with van der Waals surface area (Å²) in [5.74, 6) is 0.781. The van der Waals surface area contributed by atoms with Crippen LogP contribution in [0.5, 0.6) is 5.75 Å². The number of non-ortho nitro benzene ring substituents is 1. The van der Waals surface area contributed by atoms with Crippen LogP contribution >= 0.6 is 0 Å². The van der Waals surface area contributed by atoms with Crippen molar-refractivity contribution in [3.63, 3.8) is 0 Å². The van der Waals surface area contributed by atoms with E-state index in [0.29, 0.717) is 12.2 Å². The van der Waals surface area contributed by atoms with Gasteiger partial charge in [-0.3, -0.25) is 19.8 Å². The predicted molar refractivity (Wildman–Crippen MR) is 104 cm³/mol. The Balaban J connectivity index is 1.36. The molecule has 27 heavy (non-hydrogen) atoms. The second-order valence-corrected chi connectivity index (χ2v) is 6.49. The Morgan fingerprint density at radius 2 is 1.67 bits per heavy atom. The SMILES string of the molecule is O=Cc1ccc(OCCCN2CCN(c3ccc([N+](=O)[O-])cc3)CC2)cc1. The first-order chi connectivity index (χ1) is 13.2. The molecule has 0 unspecified atom stereocenters. The van der Waals surface area contributed by atoms with Gasteiger partial charge in [0.25, 0.3) is 5.69 Å². The van der Waals surface area contributed by atoms with Crippen molar-refractivity contribution < 1.29 is 14.5 Å². The monoisotopic (exact) mass is 369 g/mol. The molecular formula is C20H23N3O4. The Labute approximate surface area is 158 Å². The molecule has 1 heterocycles. The van der Waals surface area contributed by atoms with Gasteiger partial charge in [-0.1, -0.05) is 0 Å². The molecule has 0 atom stereocenters. The maximum absolute atomic E-state index is 10.7. The molecule has 0 amide bonds. The summed E-state index contributed by atoms with van der Waals surface area (Å²) in [6.07, 6.45) is 1.76. The Kier molecular flexibility index (Phi) is 6.38. The molecule has 0 spiro atoms. The fraction of sp³-hybridized carbons (Fsp3) is 0.350. The van der Waals surface area contributed by atoms with E-state index in [9.17, 15) is 14.9 Å². The fourth-order valence-electron chi connectivity index (χ4n) is 3.14. The number of carbonyl (C=O) groups excluding carboxylic acids is 1. The zero-order chi connectivity index (χ0) is 19.1. The summed E-state index contributed by atoms with van der Waals surface area (Å²) in [5, 5.41) is 10.7. The van der Waals surface area contributed by atoms with Crippen molar-refractivity contribution in [2.24, 2.45) is 0 Å². The third kappa shape index (κ3) is 5.27. The van der Waals surface area contributed by atoms with Crippen molar-refractivity contribution in [2.75, 3.05) is 44.2 Å². The summed E-state index contributed by atoms with van der Waals surface area (Å²) in [4.78, 5) is 25.7. The number of nitro groups is 1. The van der Waals surface area contributed by atoms with Gasteiger partial charge in [-0.05, 0) is 42.8 Å².